The van der Waals surface area contributed by atoms with E-state index in [1.54, 1.807) is 6.92 Å². The predicted octanol–water partition coefficient (Wildman–Crippen LogP) is 2.75. The van der Waals surface area contributed by atoms with Crippen molar-refractivity contribution in [3.05, 3.63) is 29.0 Å². The Morgan fingerprint density at radius 2 is 1.90 bits per heavy atom. The average Bonchev–Trinajstić information content (AvgIpc) is 2.37. The first kappa shape index (κ1) is 15.8. The molecule has 1 aromatic carbocycles. The second kappa shape index (κ2) is 5.30. The zero-order chi connectivity index (χ0) is 15.9. The number of benzene rings is 1. The summed E-state index contributed by atoms with van der Waals surface area (Å²) in [5, 5.41) is 2.71. The van der Waals surface area contributed by atoms with E-state index in [-0.39, 0.29) is 16.8 Å². The number of nitrogens with one attached hydrogen (secondary N) is 1. The van der Waals surface area contributed by atoms with Gasteiger partial charge in [0.2, 0.25) is 5.91 Å². The highest BCUT2D eigenvalue weighted by Gasteiger charge is 2.44. The van der Waals surface area contributed by atoms with Crippen molar-refractivity contribution in [3.8, 4) is 0 Å². The van der Waals surface area contributed by atoms with Gasteiger partial charge in [0.1, 0.15) is 17.9 Å². The molecular formula is C15H18ClFN2O2. The lowest BCUT2D eigenvalue weighted by molar-refractivity contribution is -0.136. The first-order chi connectivity index (χ1) is 9.62. The summed E-state index contributed by atoms with van der Waals surface area (Å²) < 4.78 is 13.6. The van der Waals surface area contributed by atoms with E-state index in [0.29, 0.717) is 5.69 Å². The van der Waals surface area contributed by atoms with Gasteiger partial charge in [0.05, 0.1) is 5.02 Å². The Hall–Kier alpha value is -1.62. The van der Waals surface area contributed by atoms with Gasteiger partial charge in [0.25, 0.3) is 5.91 Å². The Morgan fingerprint density at radius 3 is 2.43 bits per heavy atom. The van der Waals surface area contributed by atoms with Crippen LogP contribution in [0.4, 0.5) is 10.1 Å². The van der Waals surface area contributed by atoms with Gasteiger partial charge >= 0.3 is 0 Å². The molecule has 2 amide bonds. The minimum absolute atomic E-state index is 0.0207. The summed E-state index contributed by atoms with van der Waals surface area (Å²) in [6.45, 7) is 7.21. The molecule has 2 rings (SSSR count). The van der Waals surface area contributed by atoms with Crippen LogP contribution in [0, 0.1) is 11.2 Å². The third-order valence-corrected chi connectivity index (χ3v) is 3.89. The molecule has 1 N–H and O–H groups in total. The van der Waals surface area contributed by atoms with Crippen molar-refractivity contribution in [1.82, 2.24) is 5.32 Å². The fraction of sp³-hybridized carbons (Fsp3) is 0.467. The van der Waals surface area contributed by atoms with Crippen LogP contribution in [0.3, 0.4) is 0 Å². The van der Waals surface area contributed by atoms with Crippen LogP contribution in [0.25, 0.3) is 0 Å². The molecule has 1 saturated heterocycles. The minimum atomic E-state index is -0.698. The molecule has 2 atom stereocenters. The number of carbonyl (C=O) groups excluding carboxylic acids is 2. The van der Waals surface area contributed by atoms with Crippen molar-refractivity contribution in [2.45, 2.75) is 39.8 Å². The summed E-state index contributed by atoms with van der Waals surface area (Å²) in [6, 6.07) is 2.74. The maximum absolute atomic E-state index is 13.6. The Bertz CT molecular complexity index is 598. The third kappa shape index (κ3) is 2.88. The van der Waals surface area contributed by atoms with E-state index >= 15 is 0 Å². The van der Waals surface area contributed by atoms with E-state index in [1.165, 1.54) is 23.1 Å². The molecule has 0 saturated carbocycles. The number of nitrogens with zero attached hydrogens (tertiary/aromatic N) is 1. The topological polar surface area (TPSA) is 49.4 Å². The van der Waals surface area contributed by atoms with E-state index in [9.17, 15) is 14.0 Å². The van der Waals surface area contributed by atoms with Gasteiger partial charge < -0.3 is 5.32 Å². The molecule has 0 radical (unpaired) electrons. The molecule has 1 aliphatic rings. The van der Waals surface area contributed by atoms with Crippen molar-refractivity contribution >= 4 is 29.1 Å². The number of rotatable bonds is 1. The molecule has 1 aromatic rings. The van der Waals surface area contributed by atoms with Crippen LogP contribution >= 0.6 is 11.6 Å². The van der Waals surface area contributed by atoms with Crippen molar-refractivity contribution in [3.63, 3.8) is 0 Å². The predicted molar refractivity (Wildman–Crippen MR) is 79.7 cm³/mol. The van der Waals surface area contributed by atoms with Gasteiger partial charge in [-0.3, -0.25) is 14.5 Å². The van der Waals surface area contributed by atoms with E-state index in [2.05, 4.69) is 5.32 Å². The number of hydrogen-bond acceptors (Lipinski definition) is 2. The third-order valence-electron chi connectivity index (χ3n) is 3.59. The zero-order valence-electron chi connectivity index (χ0n) is 12.4. The van der Waals surface area contributed by atoms with Crippen molar-refractivity contribution < 1.29 is 14.0 Å². The summed E-state index contributed by atoms with van der Waals surface area (Å²) in [5.41, 5.74) is -0.102. The van der Waals surface area contributed by atoms with Crippen LogP contribution in [0.5, 0.6) is 0 Å². The highest BCUT2D eigenvalue weighted by atomic mass is 35.5. The molecule has 1 aliphatic heterocycles. The lowest BCUT2D eigenvalue weighted by atomic mass is 9.84. The van der Waals surface area contributed by atoms with Gasteiger partial charge in [0.15, 0.2) is 0 Å². The number of hydrogen-bond donors (Lipinski definition) is 1. The summed E-state index contributed by atoms with van der Waals surface area (Å²) >= 11 is 5.66. The molecular weight excluding hydrogens is 295 g/mol. The van der Waals surface area contributed by atoms with Gasteiger partial charge in [-0.25, -0.2) is 4.39 Å². The second-order valence-electron chi connectivity index (χ2n) is 6.29. The van der Waals surface area contributed by atoms with Crippen LogP contribution in [0.15, 0.2) is 18.2 Å². The first-order valence-corrected chi connectivity index (χ1v) is 7.09. The summed E-state index contributed by atoms with van der Waals surface area (Å²) in [6.07, 6.45) is 0. The fourth-order valence-corrected chi connectivity index (χ4v) is 2.46. The Balaban J connectivity index is 2.46. The standard InChI is InChI=1S/C15H18ClFN2O2/c1-8-13(20)18-12(15(2,3)4)14(21)19(8)9-5-6-10(16)11(17)7-9/h5-8,12H,1-4H3,(H,18,20). The van der Waals surface area contributed by atoms with Crippen LogP contribution in [0.2, 0.25) is 5.02 Å². The minimum Gasteiger partial charge on any atom is -0.342 e. The monoisotopic (exact) mass is 312 g/mol. The largest absolute Gasteiger partial charge is 0.342 e. The van der Waals surface area contributed by atoms with E-state index in [4.69, 9.17) is 11.6 Å². The van der Waals surface area contributed by atoms with E-state index in [1.807, 2.05) is 20.8 Å². The number of piperazine rings is 1. The molecule has 4 nitrogen and oxygen atoms in total. The maximum atomic E-state index is 13.6. The Kier molecular flexibility index (Phi) is 3.97. The average molecular weight is 313 g/mol. The molecule has 114 valence electrons. The van der Waals surface area contributed by atoms with Gasteiger partial charge in [0, 0.05) is 5.69 Å². The van der Waals surface area contributed by atoms with Crippen LogP contribution in [0.1, 0.15) is 27.7 Å². The quantitative estimate of drug-likeness (QED) is 0.867. The van der Waals surface area contributed by atoms with Crippen LogP contribution < -0.4 is 10.2 Å². The molecule has 0 aliphatic carbocycles. The van der Waals surface area contributed by atoms with Gasteiger partial charge in [-0.15, -0.1) is 0 Å². The van der Waals surface area contributed by atoms with Crippen molar-refractivity contribution in [2.24, 2.45) is 5.41 Å². The maximum Gasteiger partial charge on any atom is 0.250 e. The number of amides is 2. The molecule has 21 heavy (non-hydrogen) atoms. The van der Waals surface area contributed by atoms with Gasteiger partial charge in [-0.2, -0.15) is 0 Å². The fourth-order valence-electron chi connectivity index (χ4n) is 2.34. The van der Waals surface area contributed by atoms with Crippen LogP contribution in [-0.4, -0.2) is 23.9 Å². The summed E-state index contributed by atoms with van der Waals surface area (Å²) in [7, 11) is 0. The first-order valence-electron chi connectivity index (χ1n) is 6.71. The molecule has 6 heteroatoms. The van der Waals surface area contributed by atoms with Gasteiger partial charge in [-0.1, -0.05) is 32.4 Å². The van der Waals surface area contributed by atoms with E-state index < -0.39 is 23.3 Å². The number of anilines is 1. The smallest absolute Gasteiger partial charge is 0.250 e. The molecule has 0 bridgehead atoms. The molecule has 0 spiro atoms. The molecule has 1 heterocycles. The van der Waals surface area contributed by atoms with Crippen molar-refractivity contribution in [1.29, 1.82) is 0 Å². The molecule has 2 unspecified atom stereocenters. The summed E-state index contributed by atoms with van der Waals surface area (Å²) in [4.78, 5) is 26.1. The lowest BCUT2D eigenvalue weighted by Gasteiger charge is -2.42. The second-order valence-corrected chi connectivity index (χ2v) is 6.70. The SMILES string of the molecule is CC1C(=O)NC(C(C)(C)C)C(=O)N1c1ccc(Cl)c(F)c1. The zero-order valence-corrected chi connectivity index (χ0v) is 13.2. The number of carbonyl (C=O) groups is 2. The Morgan fingerprint density at radius 1 is 1.29 bits per heavy atom. The number of halogens is 2. The highest BCUT2D eigenvalue weighted by Crippen LogP contribution is 2.30. The van der Waals surface area contributed by atoms with Crippen molar-refractivity contribution in [2.75, 3.05) is 4.90 Å². The van der Waals surface area contributed by atoms with Gasteiger partial charge in [-0.05, 0) is 30.5 Å². The normalized spacial score (nSPS) is 23.2. The van der Waals surface area contributed by atoms with Crippen LogP contribution in [-0.2, 0) is 9.59 Å². The lowest BCUT2D eigenvalue weighted by Crippen LogP contribution is -2.66. The Labute approximate surface area is 128 Å². The summed E-state index contributed by atoms with van der Waals surface area (Å²) in [5.74, 6) is -1.13. The molecule has 0 aromatic heterocycles. The molecule has 1 fully saturated rings. The van der Waals surface area contributed by atoms with E-state index in [0.717, 1.165) is 0 Å². The highest BCUT2D eigenvalue weighted by molar-refractivity contribution is 6.30.